The number of anilines is 1. The van der Waals surface area contributed by atoms with Crippen molar-refractivity contribution in [1.82, 2.24) is 10.6 Å². The molecule has 0 radical (unpaired) electrons. The van der Waals surface area contributed by atoms with Crippen molar-refractivity contribution in [3.8, 4) is 0 Å². The predicted molar refractivity (Wildman–Crippen MR) is 103 cm³/mol. The summed E-state index contributed by atoms with van der Waals surface area (Å²) >= 11 is 0. The first-order valence-electron chi connectivity index (χ1n) is 9.03. The number of carbonyl (C=O) groups is 2. The van der Waals surface area contributed by atoms with Gasteiger partial charge in [-0.3, -0.25) is 9.59 Å². The number of hydrogen-bond donors (Lipinski definition) is 3. The second-order valence-electron chi connectivity index (χ2n) is 6.92. The molecule has 0 aliphatic carbocycles. The zero-order valence-electron chi connectivity index (χ0n) is 15.2. The fourth-order valence-electron chi connectivity index (χ4n) is 3.20. The van der Waals surface area contributed by atoms with Gasteiger partial charge in [0.2, 0.25) is 0 Å². The molecule has 2 atom stereocenters. The zero-order chi connectivity index (χ0) is 18.5. The predicted octanol–water partition coefficient (Wildman–Crippen LogP) is 2.98. The molecule has 0 aromatic heterocycles. The van der Waals surface area contributed by atoms with Gasteiger partial charge in [-0.1, -0.05) is 36.8 Å². The smallest absolute Gasteiger partial charge is 0.255 e. The molecule has 26 heavy (non-hydrogen) atoms. The van der Waals surface area contributed by atoms with E-state index in [1.54, 1.807) is 24.3 Å². The second-order valence-corrected chi connectivity index (χ2v) is 6.92. The van der Waals surface area contributed by atoms with Crippen LogP contribution in [0.1, 0.15) is 39.6 Å². The van der Waals surface area contributed by atoms with Crippen molar-refractivity contribution in [2.75, 3.05) is 18.4 Å². The highest BCUT2D eigenvalue weighted by Gasteiger charge is 2.24. The number of rotatable bonds is 4. The van der Waals surface area contributed by atoms with Gasteiger partial charge in [-0.15, -0.1) is 0 Å². The van der Waals surface area contributed by atoms with E-state index < -0.39 is 0 Å². The summed E-state index contributed by atoms with van der Waals surface area (Å²) in [6, 6.07) is 14.6. The van der Waals surface area contributed by atoms with Crippen molar-refractivity contribution in [3.05, 3.63) is 65.2 Å². The average molecular weight is 351 g/mol. The van der Waals surface area contributed by atoms with Crippen LogP contribution in [0, 0.1) is 12.8 Å². The standard InChI is InChI=1S/C21H25N3O2/c1-14-6-5-7-16(12-14)20(25)23-18-9-4-3-8-17(18)21(26)24-19-13-22-11-10-15(19)2/h3-9,12,15,19,22H,10-11,13H2,1-2H3,(H,23,25)(H,24,26). The quantitative estimate of drug-likeness (QED) is 0.793. The number of benzene rings is 2. The lowest BCUT2D eigenvalue weighted by Gasteiger charge is -2.30. The van der Waals surface area contributed by atoms with Crippen molar-refractivity contribution < 1.29 is 9.59 Å². The molecule has 0 saturated carbocycles. The van der Waals surface area contributed by atoms with Gasteiger partial charge in [-0.25, -0.2) is 0 Å². The van der Waals surface area contributed by atoms with E-state index >= 15 is 0 Å². The molecule has 1 aliphatic heterocycles. The van der Waals surface area contributed by atoms with Gasteiger partial charge < -0.3 is 16.0 Å². The molecule has 2 aromatic rings. The van der Waals surface area contributed by atoms with E-state index in [0.29, 0.717) is 22.7 Å². The van der Waals surface area contributed by atoms with Crippen LogP contribution in [-0.2, 0) is 0 Å². The molecular weight excluding hydrogens is 326 g/mol. The Kier molecular flexibility index (Phi) is 5.68. The van der Waals surface area contributed by atoms with Gasteiger partial charge in [0.1, 0.15) is 0 Å². The molecule has 136 valence electrons. The van der Waals surface area contributed by atoms with Crippen LogP contribution >= 0.6 is 0 Å². The molecule has 1 fully saturated rings. The van der Waals surface area contributed by atoms with Gasteiger partial charge in [-0.05, 0) is 50.1 Å². The second kappa shape index (κ2) is 8.15. The highest BCUT2D eigenvalue weighted by molar-refractivity contribution is 6.09. The minimum absolute atomic E-state index is 0.0942. The highest BCUT2D eigenvalue weighted by atomic mass is 16.2. The third kappa shape index (κ3) is 4.29. The molecular formula is C21H25N3O2. The number of aryl methyl sites for hydroxylation is 1. The first-order valence-corrected chi connectivity index (χ1v) is 9.03. The summed E-state index contributed by atoms with van der Waals surface area (Å²) in [6.45, 7) is 5.84. The Balaban J connectivity index is 1.75. The van der Waals surface area contributed by atoms with Crippen molar-refractivity contribution in [1.29, 1.82) is 0 Å². The molecule has 2 aromatic carbocycles. The Morgan fingerprint density at radius 3 is 2.65 bits per heavy atom. The lowest BCUT2D eigenvalue weighted by molar-refractivity contribution is 0.0916. The summed E-state index contributed by atoms with van der Waals surface area (Å²) in [6.07, 6.45) is 1.04. The van der Waals surface area contributed by atoms with Crippen LogP contribution in [0.15, 0.2) is 48.5 Å². The highest BCUT2D eigenvalue weighted by Crippen LogP contribution is 2.18. The maximum atomic E-state index is 12.8. The largest absolute Gasteiger partial charge is 0.348 e. The summed E-state index contributed by atoms with van der Waals surface area (Å²) < 4.78 is 0. The number of piperidine rings is 1. The molecule has 3 N–H and O–H groups in total. The Hall–Kier alpha value is -2.66. The lowest BCUT2D eigenvalue weighted by atomic mass is 9.94. The van der Waals surface area contributed by atoms with E-state index in [1.807, 2.05) is 31.2 Å². The number of nitrogens with one attached hydrogen (secondary N) is 3. The topological polar surface area (TPSA) is 70.2 Å². The average Bonchev–Trinajstić information content (AvgIpc) is 2.64. The van der Waals surface area contributed by atoms with Gasteiger partial charge in [0.15, 0.2) is 0 Å². The van der Waals surface area contributed by atoms with E-state index in [4.69, 9.17) is 0 Å². The summed E-state index contributed by atoms with van der Waals surface area (Å²) in [7, 11) is 0. The SMILES string of the molecule is Cc1cccc(C(=O)Nc2ccccc2C(=O)NC2CNCCC2C)c1. The Morgan fingerprint density at radius 2 is 1.88 bits per heavy atom. The van der Waals surface area contributed by atoms with Gasteiger partial charge >= 0.3 is 0 Å². The van der Waals surface area contributed by atoms with Gasteiger partial charge in [-0.2, -0.15) is 0 Å². The van der Waals surface area contributed by atoms with Crippen LogP contribution in [0.3, 0.4) is 0 Å². The maximum Gasteiger partial charge on any atom is 0.255 e. The minimum atomic E-state index is -0.221. The Morgan fingerprint density at radius 1 is 1.08 bits per heavy atom. The molecule has 2 unspecified atom stereocenters. The molecule has 2 amide bonds. The molecule has 0 bridgehead atoms. The number of carbonyl (C=O) groups excluding carboxylic acids is 2. The third-order valence-corrected chi connectivity index (χ3v) is 4.84. The monoisotopic (exact) mass is 351 g/mol. The number of amides is 2. The molecule has 0 spiro atoms. The van der Waals surface area contributed by atoms with E-state index in [0.717, 1.165) is 25.1 Å². The van der Waals surface area contributed by atoms with Crippen LogP contribution in [-0.4, -0.2) is 30.9 Å². The summed E-state index contributed by atoms with van der Waals surface area (Å²) in [5.41, 5.74) is 2.59. The van der Waals surface area contributed by atoms with Gasteiger partial charge in [0.05, 0.1) is 11.3 Å². The first kappa shape index (κ1) is 18.1. The van der Waals surface area contributed by atoms with Crippen LogP contribution in [0.2, 0.25) is 0 Å². The third-order valence-electron chi connectivity index (χ3n) is 4.84. The summed E-state index contributed by atoms with van der Waals surface area (Å²) in [4.78, 5) is 25.3. The zero-order valence-corrected chi connectivity index (χ0v) is 15.2. The van der Waals surface area contributed by atoms with Gasteiger partial charge in [0.25, 0.3) is 11.8 Å². The fraction of sp³-hybridized carbons (Fsp3) is 0.333. The first-order chi connectivity index (χ1) is 12.5. The van der Waals surface area contributed by atoms with Crippen LogP contribution in [0.4, 0.5) is 5.69 Å². The van der Waals surface area contributed by atoms with E-state index in [-0.39, 0.29) is 17.9 Å². The Bertz CT molecular complexity index is 803. The van der Waals surface area contributed by atoms with Crippen molar-refractivity contribution in [3.63, 3.8) is 0 Å². The van der Waals surface area contributed by atoms with Crippen LogP contribution < -0.4 is 16.0 Å². The number of para-hydroxylation sites is 1. The van der Waals surface area contributed by atoms with Gasteiger partial charge in [0, 0.05) is 18.2 Å². The summed E-state index contributed by atoms with van der Waals surface area (Å²) in [5, 5.41) is 9.27. The van der Waals surface area contributed by atoms with E-state index in [9.17, 15) is 9.59 Å². The van der Waals surface area contributed by atoms with Crippen molar-refractivity contribution in [2.24, 2.45) is 5.92 Å². The van der Waals surface area contributed by atoms with Crippen molar-refractivity contribution in [2.45, 2.75) is 26.3 Å². The molecule has 1 aliphatic rings. The van der Waals surface area contributed by atoms with E-state index in [2.05, 4.69) is 22.9 Å². The van der Waals surface area contributed by atoms with Crippen LogP contribution in [0.5, 0.6) is 0 Å². The van der Waals surface area contributed by atoms with Crippen molar-refractivity contribution >= 4 is 17.5 Å². The maximum absolute atomic E-state index is 12.8. The molecule has 1 heterocycles. The van der Waals surface area contributed by atoms with Crippen LogP contribution in [0.25, 0.3) is 0 Å². The lowest BCUT2D eigenvalue weighted by Crippen LogP contribution is -2.50. The fourth-order valence-corrected chi connectivity index (χ4v) is 3.20. The number of hydrogen-bond acceptors (Lipinski definition) is 3. The summed E-state index contributed by atoms with van der Waals surface area (Å²) in [5.74, 6) is 0.0431. The Labute approximate surface area is 154 Å². The van der Waals surface area contributed by atoms with E-state index in [1.165, 1.54) is 0 Å². The molecule has 5 heteroatoms. The molecule has 1 saturated heterocycles. The normalized spacial score (nSPS) is 19.6. The minimum Gasteiger partial charge on any atom is -0.348 e. The molecule has 5 nitrogen and oxygen atoms in total. The molecule has 3 rings (SSSR count).